The maximum absolute atomic E-state index is 11.6. The molecule has 1 aliphatic heterocycles. The van der Waals surface area contributed by atoms with Crippen LogP contribution in [0.2, 0.25) is 0 Å². The van der Waals surface area contributed by atoms with E-state index < -0.39 is 5.79 Å². The van der Waals surface area contributed by atoms with E-state index in [1.54, 1.807) is 0 Å². The van der Waals surface area contributed by atoms with Crippen molar-refractivity contribution in [2.45, 2.75) is 51.6 Å². The van der Waals surface area contributed by atoms with Crippen LogP contribution in [0, 0.1) is 17.8 Å². The molecule has 0 aromatic carbocycles. The third-order valence-electron chi connectivity index (χ3n) is 4.23. The maximum atomic E-state index is 11.6. The first-order chi connectivity index (χ1) is 6.98. The predicted molar refractivity (Wildman–Crippen MR) is 54.2 cm³/mol. The summed E-state index contributed by atoms with van der Waals surface area (Å²) in [7, 11) is 0. The van der Waals surface area contributed by atoms with Gasteiger partial charge in [0.25, 0.3) is 0 Å². The van der Waals surface area contributed by atoms with Crippen molar-refractivity contribution in [3.8, 4) is 0 Å². The molecule has 0 radical (unpaired) electrons. The third kappa shape index (κ3) is 1.29. The van der Waals surface area contributed by atoms with Gasteiger partial charge in [-0.15, -0.1) is 0 Å². The molecule has 0 aromatic heterocycles. The number of ketones is 1. The van der Waals surface area contributed by atoms with E-state index in [9.17, 15) is 4.79 Å². The van der Waals surface area contributed by atoms with Gasteiger partial charge in [0.15, 0.2) is 5.79 Å². The average Bonchev–Trinajstić information content (AvgIpc) is 2.62. The van der Waals surface area contributed by atoms with E-state index in [0.29, 0.717) is 17.6 Å². The molecule has 1 saturated heterocycles. The Morgan fingerprint density at radius 3 is 2.80 bits per heavy atom. The first kappa shape index (κ1) is 9.79. The third-order valence-corrected chi connectivity index (χ3v) is 4.23. The van der Waals surface area contributed by atoms with Crippen LogP contribution in [-0.4, -0.2) is 23.8 Å². The summed E-state index contributed by atoms with van der Waals surface area (Å²) in [6.45, 7) is 5.97. The average molecular weight is 210 g/mol. The van der Waals surface area contributed by atoms with Crippen LogP contribution in [0.25, 0.3) is 0 Å². The zero-order chi connectivity index (χ0) is 10.8. The number of Topliss-reactive ketones (excluding diaryl/α,β-unsaturated/α-hetero) is 1. The van der Waals surface area contributed by atoms with Crippen LogP contribution in [-0.2, 0) is 14.3 Å². The molecule has 0 N–H and O–H groups in total. The summed E-state index contributed by atoms with van der Waals surface area (Å²) in [6.07, 6.45) is 2.14. The topological polar surface area (TPSA) is 35.5 Å². The van der Waals surface area contributed by atoms with Gasteiger partial charge in [0.1, 0.15) is 5.78 Å². The molecule has 5 atom stereocenters. The molecule has 0 amide bonds. The highest BCUT2D eigenvalue weighted by molar-refractivity contribution is 5.83. The van der Waals surface area contributed by atoms with Crippen molar-refractivity contribution in [1.82, 2.24) is 0 Å². The zero-order valence-electron chi connectivity index (χ0n) is 9.53. The van der Waals surface area contributed by atoms with Crippen LogP contribution in [0.5, 0.6) is 0 Å². The molecule has 3 nitrogen and oxygen atoms in total. The Balaban J connectivity index is 1.85. The van der Waals surface area contributed by atoms with Gasteiger partial charge in [-0.25, -0.2) is 0 Å². The minimum atomic E-state index is -0.453. The normalized spacial score (nSPS) is 51.9. The Morgan fingerprint density at radius 2 is 2.07 bits per heavy atom. The molecule has 0 unspecified atom stereocenters. The van der Waals surface area contributed by atoms with Gasteiger partial charge in [0.2, 0.25) is 0 Å². The molecule has 15 heavy (non-hydrogen) atoms. The lowest BCUT2D eigenvalue weighted by Crippen LogP contribution is -2.29. The molecule has 1 heterocycles. The number of ether oxygens (including phenoxy) is 2. The smallest absolute Gasteiger partial charge is 0.163 e. The summed E-state index contributed by atoms with van der Waals surface area (Å²) in [4.78, 5) is 11.6. The number of hydrogen-bond donors (Lipinski definition) is 0. The van der Waals surface area contributed by atoms with Crippen LogP contribution in [0.1, 0.15) is 33.6 Å². The molecular formula is C12H18O3. The maximum Gasteiger partial charge on any atom is 0.163 e. The minimum Gasteiger partial charge on any atom is -0.345 e. The Hall–Kier alpha value is -0.410. The second-order valence-electron chi connectivity index (χ2n) is 5.67. The Bertz CT molecular complexity index is 310. The van der Waals surface area contributed by atoms with Crippen LogP contribution in [0.15, 0.2) is 0 Å². The fourth-order valence-corrected chi connectivity index (χ4v) is 3.67. The number of carbonyl (C=O) groups excluding carboxylic acids is 1. The fourth-order valence-electron chi connectivity index (χ4n) is 3.67. The van der Waals surface area contributed by atoms with E-state index in [1.807, 2.05) is 20.8 Å². The number of fused-ring (bicyclic) bond motifs is 3. The summed E-state index contributed by atoms with van der Waals surface area (Å²) in [6, 6.07) is 0. The molecule has 3 fully saturated rings. The van der Waals surface area contributed by atoms with Gasteiger partial charge in [-0.05, 0) is 26.2 Å². The van der Waals surface area contributed by atoms with E-state index in [4.69, 9.17) is 9.47 Å². The Morgan fingerprint density at radius 1 is 1.33 bits per heavy atom. The first-order valence-corrected chi connectivity index (χ1v) is 5.86. The Kier molecular flexibility index (Phi) is 1.85. The minimum absolute atomic E-state index is 0.159. The highest BCUT2D eigenvalue weighted by atomic mass is 16.8. The second-order valence-corrected chi connectivity index (χ2v) is 5.67. The molecule has 2 saturated carbocycles. The van der Waals surface area contributed by atoms with Gasteiger partial charge in [0, 0.05) is 18.3 Å². The summed E-state index contributed by atoms with van der Waals surface area (Å²) in [5.74, 6) is 1.05. The quantitative estimate of drug-likeness (QED) is 0.611. The molecule has 3 rings (SSSR count). The largest absolute Gasteiger partial charge is 0.345 e. The number of rotatable bonds is 0. The molecule has 0 bridgehead atoms. The SMILES string of the molecule is C[C@H]1C(=O)C[C@@H]2C[C@@H]3OC(C)(C)O[C@@H]3[C@@H]21. The van der Waals surface area contributed by atoms with Gasteiger partial charge >= 0.3 is 0 Å². The summed E-state index contributed by atoms with van der Waals surface area (Å²) >= 11 is 0. The van der Waals surface area contributed by atoms with Crippen molar-refractivity contribution >= 4 is 5.78 Å². The summed E-state index contributed by atoms with van der Waals surface area (Å²) < 4.78 is 11.8. The van der Waals surface area contributed by atoms with E-state index in [-0.39, 0.29) is 18.1 Å². The van der Waals surface area contributed by atoms with Crippen LogP contribution in [0.4, 0.5) is 0 Å². The van der Waals surface area contributed by atoms with E-state index in [1.165, 1.54) is 0 Å². The molecule has 3 aliphatic rings. The number of carbonyl (C=O) groups is 1. The van der Waals surface area contributed by atoms with Crippen molar-refractivity contribution in [3.05, 3.63) is 0 Å². The molecule has 0 aromatic rings. The van der Waals surface area contributed by atoms with Gasteiger partial charge in [-0.2, -0.15) is 0 Å². The number of hydrogen-bond acceptors (Lipinski definition) is 3. The highest BCUT2D eigenvalue weighted by Gasteiger charge is 2.58. The van der Waals surface area contributed by atoms with Gasteiger partial charge in [0.05, 0.1) is 12.2 Å². The van der Waals surface area contributed by atoms with E-state index in [0.717, 1.165) is 12.8 Å². The Labute approximate surface area is 90.1 Å². The fraction of sp³-hybridized carbons (Fsp3) is 0.917. The van der Waals surface area contributed by atoms with Crippen molar-refractivity contribution < 1.29 is 14.3 Å². The second kappa shape index (κ2) is 2.83. The first-order valence-electron chi connectivity index (χ1n) is 5.86. The van der Waals surface area contributed by atoms with Crippen molar-refractivity contribution in [1.29, 1.82) is 0 Å². The van der Waals surface area contributed by atoms with Gasteiger partial charge in [-0.1, -0.05) is 6.92 Å². The lowest BCUT2D eigenvalue weighted by molar-refractivity contribution is -0.160. The molecule has 84 valence electrons. The van der Waals surface area contributed by atoms with Gasteiger partial charge in [-0.3, -0.25) is 4.79 Å². The lowest BCUT2D eigenvalue weighted by atomic mass is 9.91. The zero-order valence-corrected chi connectivity index (χ0v) is 9.53. The van der Waals surface area contributed by atoms with Crippen molar-refractivity contribution in [2.24, 2.45) is 17.8 Å². The molecular weight excluding hydrogens is 192 g/mol. The predicted octanol–water partition coefficient (Wildman–Crippen LogP) is 1.75. The highest BCUT2D eigenvalue weighted by Crippen LogP contribution is 2.52. The van der Waals surface area contributed by atoms with Crippen LogP contribution in [0.3, 0.4) is 0 Å². The van der Waals surface area contributed by atoms with E-state index in [2.05, 4.69) is 0 Å². The summed E-state index contributed by atoms with van der Waals surface area (Å²) in [5.41, 5.74) is 0. The summed E-state index contributed by atoms with van der Waals surface area (Å²) in [5, 5.41) is 0. The lowest BCUT2D eigenvalue weighted by Gasteiger charge is -2.23. The standard InChI is InChI=1S/C12H18O3/c1-6-8(13)4-7-5-9-11(10(6)7)15-12(2,3)14-9/h6-7,9-11H,4-5H2,1-3H3/t6-,7+,9-,10+,11-/m0/s1. The monoisotopic (exact) mass is 210 g/mol. The van der Waals surface area contributed by atoms with Gasteiger partial charge < -0.3 is 9.47 Å². The van der Waals surface area contributed by atoms with E-state index >= 15 is 0 Å². The molecule has 2 aliphatic carbocycles. The van der Waals surface area contributed by atoms with Crippen molar-refractivity contribution in [2.75, 3.05) is 0 Å². The van der Waals surface area contributed by atoms with Crippen LogP contribution >= 0.6 is 0 Å². The van der Waals surface area contributed by atoms with Crippen LogP contribution < -0.4 is 0 Å². The molecule has 3 heteroatoms. The molecule has 0 spiro atoms. The van der Waals surface area contributed by atoms with Crippen molar-refractivity contribution in [3.63, 3.8) is 0 Å².